The van der Waals surface area contributed by atoms with Crippen LogP contribution in [0.4, 0.5) is 10.5 Å². The Morgan fingerprint density at radius 2 is 1.65 bits per heavy atom. The predicted octanol–water partition coefficient (Wildman–Crippen LogP) is 3.54. The Bertz CT molecular complexity index is 2730. The van der Waals surface area contributed by atoms with E-state index >= 15 is 0 Å². The number of allylic oxidation sites excluding steroid dienone is 4. The molecule has 0 unspecified atom stereocenters. The number of aliphatic hydroxyl groups excluding tert-OH is 5. The third-order valence-corrected chi connectivity index (χ3v) is 19.2. The molecular weight excluding hydrogens is 1020 g/mol. The third-order valence-electron chi connectivity index (χ3n) is 18.1. The van der Waals surface area contributed by atoms with E-state index in [1.165, 1.54) is 30.0 Å². The lowest BCUT2D eigenvalue weighted by Crippen LogP contribution is -2.75. The SMILES string of the molecule is CC(C)SCC(=O)NCCC(=O)Nc1cc(COC(=O)NC23CC(Cc4ccc([C@@H]5O[C@@H]6C[C@H]7[C@@H]8CCC9=CC(=O)C=C[C@]9(C)[C@H]8[C@@H](O)C[C@]7(C)[C@]6(C(=O)CO)O5)cc4)(C2)C3)ccc1O[C@@H]1O[C@H](C(=O)O)[C@@H](O)[C@H](O)[C@H]1O. The molecule has 6 saturated carbocycles. The second-order valence-electron chi connectivity index (χ2n) is 23.5. The Hall–Kier alpha value is -5.23. The minimum absolute atomic E-state index is 0.0177. The molecule has 9 aliphatic rings. The maximum Gasteiger partial charge on any atom is 0.407 e. The predicted molar refractivity (Wildman–Crippen MR) is 275 cm³/mol. The van der Waals surface area contributed by atoms with Crippen LogP contribution in [-0.4, -0.2) is 144 Å². The summed E-state index contributed by atoms with van der Waals surface area (Å²) in [6, 6.07) is 12.3. The molecule has 3 amide bonds. The van der Waals surface area contributed by atoms with E-state index in [9.17, 15) is 59.4 Å². The van der Waals surface area contributed by atoms with Gasteiger partial charge in [0.1, 0.15) is 37.3 Å². The molecule has 416 valence electrons. The molecule has 0 aromatic heterocycles. The first-order valence-electron chi connectivity index (χ1n) is 26.6. The van der Waals surface area contributed by atoms with Crippen LogP contribution in [0.25, 0.3) is 0 Å². The number of nitrogens with one attached hydrogen (secondary N) is 3. The van der Waals surface area contributed by atoms with E-state index in [1.54, 1.807) is 12.2 Å². The summed E-state index contributed by atoms with van der Waals surface area (Å²) < 4.78 is 30.1. The molecule has 77 heavy (non-hydrogen) atoms. The van der Waals surface area contributed by atoms with Crippen molar-refractivity contribution >= 4 is 52.9 Å². The Balaban J connectivity index is 0.734. The molecule has 2 aromatic rings. The van der Waals surface area contributed by atoms with Gasteiger partial charge in [-0.3, -0.25) is 19.2 Å². The number of carboxylic acids is 1. The number of Topliss-reactive ketones (excluding diaryl/α,β-unsaturated/α-hetero) is 1. The van der Waals surface area contributed by atoms with Crippen molar-refractivity contribution in [3.63, 3.8) is 0 Å². The number of rotatable bonds is 18. The number of ketones is 2. The number of thioether (sulfide) groups is 1. The van der Waals surface area contributed by atoms with Crippen LogP contribution in [0.5, 0.6) is 5.75 Å². The van der Waals surface area contributed by atoms with Crippen LogP contribution in [0.3, 0.4) is 0 Å². The molecule has 7 aliphatic carbocycles. The van der Waals surface area contributed by atoms with Gasteiger partial charge < -0.3 is 70.3 Å². The summed E-state index contributed by atoms with van der Waals surface area (Å²) in [5.74, 6) is -2.85. The topological polar surface area (TPSA) is 306 Å². The molecule has 9 N–H and O–H groups in total. The summed E-state index contributed by atoms with van der Waals surface area (Å²) in [5, 5.41) is 71.7. The van der Waals surface area contributed by atoms with Crippen molar-refractivity contribution in [3.05, 3.63) is 83.0 Å². The van der Waals surface area contributed by atoms with Crippen molar-refractivity contribution in [1.29, 1.82) is 0 Å². The average Bonchev–Trinajstić information content (AvgIpc) is 4.00. The number of fused-ring (bicyclic) bond motifs is 7. The second kappa shape index (κ2) is 20.8. The number of benzene rings is 2. The Morgan fingerprint density at radius 3 is 2.35 bits per heavy atom. The van der Waals surface area contributed by atoms with Gasteiger partial charge in [-0.15, -0.1) is 11.8 Å². The minimum atomic E-state index is -1.95. The molecule has 2 heterocycles. The van der Waals surface area contributed by atoms with E-state index in [1.807, 2.05) is 51.1 Å². The normalized spacial score (nSPS) is 38.1. The van der Waals surface area contributed by atoms with E-state index < -0.39 is 102 Å². The van der Waals surface area contributed by atoms with Gasteiger partial charge in [0.2, 0.25) is 18.1 Å². The van der Waals surface area contributed by atoms with Crippen molar-refractivity contribution in [2.75, 3.05) is 24.2 Å². The number of hydrogen-bond donors (Lipinski definition) is 9. The molecule has 8 fully saturated rings. The van der Waals surface area contributed by atoms with Gasteiger partial charge in [-0.25, -0.2) is 9.59 Å². The lowest BCUT2D eigenvalue weighted by molar-refractivity contribution is -0.271. The maximum atomic E-state index is 14.0. The molecule has 2 aliphatic heterocycles. The number of hydrogen-bond acceptors (Lipinski definition) is 17. The number of alkyl carbamates (subject to hydrolysis) is 1. The number of anilines is 1. The van der Waals surface area contributed by atoms with E-state index in [4.69, 9.17) is 23.7 Å². The molecule has 2 aromatic carbocycles. The summed E-state index contributed by atoms with van der Waals surface area (Å²) in [7, 11) is 0. The first-order valence-corrected chi connectivity index (χ1v) is 27.6. The number of ether oxygens (including phenoxy) is 5. The van der Waals surface area contributed by atoms with Gasteiger partial charge in [-0.2, -0.15) is 0 Å². The van der Waals surface area contributed by atoms with E-state index in [0.717, 1.165) is 55.2 Å². The molecule has 14 atom stereocenters. The van der Waals surface area contributed by atoms with E-state index in [-0.39, 0.29) is 83.3 Å². The Kier molecular flexibility index (Phi) is 14.9. The van der Waals surface area contributed by atoms with Crippen molar-refractivity contribution in [3.8, 4) is 5.75 Å². The van der Waals surface area contributed by atoms with Crippen molar-refractivity contribution in [2.45, 2.75) is 158 Å². The summed E-state index contributed by atoms with van der Waals surface area (Å²) in [6.45, 7) is 7.11. The Labute approximate surface area is 449 Å². The van der Waals surface area contributed by atoms with Crippen molar-refractivity contribution < 1.29 is 83.1 Å². The van der Waals surface area contributed by atoms with E-state index in [0.29, 0.717) is 12.0 Å². The number of carbonyl (C=O) groups excluding carboxylic acids is 5. The van der Waals surface area contributed by atoms with Gasteiger partial charge in [0.25, 0.3) is 0 Å². The van der Waals surface area contributed by atoms with Crippen LogP contribution < -0.4 is 20.7 Å². The van der Waals surface area contributed by atoms with Crippen LogP contribution in [0.1, 0.15) is 102 Å². The zero-order chi connectivity index (χ0) is 55.0. The summed E-state index contributed by atoms with van der Waals surface area (Å²) in [4.78, 5) is 76.6. The zero-order valence-corrected chi connectivity index (χ0v) is 44.3. The van der Waals surface area contributed by atoms with Gasteiger partial charge in [0.15, 0.2) is 29.6 Å². The van der Waals surface area contributed by atoms with Crippen molar-refractivity contribution in [1.82, 2.24) is 10.6 Å². The highest BCUT2D eigenvalue weighted by molar-refractivity contribution is 8.00. The quantitative estimate of drug-likeness (QED) is 0.103. The molecule has 21 heteroatoms. The number of amides is 3. The van der Waals surface area contributed by atoms with Crippen LogP contribution in [0.2, 0.25) is 0 Å². The number of aliphatic carboxylic acids is 1. The largest absolute Gasteiger partial charge is 0.479 e. The first-order chi connectivity index (χ1) is 36.5. The number of carboxylic acid groups (broad SMARTS) is 1. The maximum absolute atomic E-state index is 14.0. The van der Waals surface area contributed by atoms with Gasteiger partial charge >= 0.3 is 12.1 Å². The highest BCUT2D eigenvalue weighted by Crippen LogP contribution is 2.71. The van der Waals surface area contributed by atoms with Gasteiger partial charge in [0, 0.05) is 40.8 Å². The molecule has 2 bridgehead atoms. The fourth-order valence-electron chi connectivity index (χ4n) is 14.7. The summed E-state index contributed by atoms with van der Waals surface area (Å²) in [5.41, 5.74) is 0.109. The van der Waals surface area contributed by atoms with Gasteiger partial charge in [0.05, 0.1) is 23.6 Å². The smallest absolute Gasteiger partial charge is 0.407 e. The fourth-order valence-corrected chi connectivity index (χ4v) is 15.3. The average molecular weight is 1090 g/mol. The monoisotopic (exact) mass is 1090 g/mol. The molecule has 20 nitrogen and oxygen atoms in total. The highest BCUT2D eigenvalue weighted by Gasteiger charge is 2.76. The number of carbonyl (C=O) groups is 6. The highest BCUT2D eigenvalue weighted by atomic mass is 32.2. The standard InChI is InChI=1S/C56H69N3O17S/c1-28(2)77-24-42(65)57-16-14-41(64)58-36-17-30(7-12-38(36)73-50-46(68)44(66)45(67)47(75-50)48(69)70)23-72-51(71)59-55-25-54(26-55,27-55)20-29-5-8-31(9-6-29)49-74-40-19-35-34-11-10-32-18-33(61)13-15-52(32,3)43(34)37(62)21-53(35,4)56(40,76-49)39(63)22-60/h5-9,12-13,15,17-18,28,34-35,37,40,43-47,49-50,60,62,66-68H,10-11,14,16,19-27H2,1-4H3,(H,57,65)(H,58,64)(H,59,71)(H,69,70)/t34-,35-,37-,40+,43+,44-,45-,46+,47-,49+,50+,52-,53-,54?,55?,56+/m0/s1. The third kappa shape index (κ3) is 9.91. The molecule has 2 saturated heterocycles. The second-order valence-corrected chi connectivity index (χ2v) is 25.0. The zero-order valence-electron chi connectivity index (χ0n) is 43.5. The summed E-state index contributed by atoms with van der Waals surface area (Å²) in [6.07, 6.45) is -1.94. The molecule has 0 spiro atoms. The molecule has 11 rings (SSSR count). The lowest BCUT2D eigenvalue weighted by atomic mass is 9.38. The van der Waals surface area contributed by atoms with Crippen LogP contribution in [0.15, 0.2) is 66.3 Å². The fraction of sp³-hybridized carbons (Fsp3) is 0.607. The van der Waals surface area contributed by atoms with Gasteiger partial charge in [-0.1, -0.05) is 69.7 Å². The first kappa shape index (κ1) is 55.1. The number of aliphatic hydroxyl groups is 5. The lowest BCUT2D eigenvalue weighted by Gasteiger charge is -2.70. The van der Waals surface area contributed by atoms with Crippen LogP contribution >= 0.6 is 11.8 Å². The molecule has 0 radical (unpaired) electrons. The summed E-state index contributed by atoms with van der Waals surface area (Å²) >= 11 is 1.45. The Morgan fingerprint density at radius 1 is 0.922 bits per heavy atom. The minimum Gasteiger partial charge on any atom is -0.479 e. The molecular formula is C56H69N3O17S. The van der Waals surface area contributed by atoms with Crippen molar-refractivity contribution in [2.24, 2.45) is 34.0 Å². The van der Waals surface area contributed by atoms with Crippen LogP contribution in [-0.2, 0) is 55.9 Å². The van der Waals surface area contributed by atoms with E-state index in [2.05, 4.69) is 22.9 Å². The van der Waals surface area contributed by atoms with Gasteiger partial charge in [-0.05, 0) is 109 Å². The van der Waals surface area contributed by atoms with Crippen LogP contribution in [0, 0.1) is 34.0 Å².